The Morgan fingerprint density at radius 2 is 0.613 bits per heavy atom. The van der Waals surface area contributed by atoms with E-state index in [1.54, 1.807) is 171 Å². The van der Waals surface area contributed by atoms with Crippen LogP contribution < -0.4 is 41.5 Å². The number of hydrogen-bond donors (Lipinski definition) is 7. The van der Waals surface area contributed by atoms with Crippen LogP contribution in [0.25, 0.3) is 0 Å². The summed E-state index contributed by atoms with van der Waals surface area (Å²) in [5, 5.41) is 22.6. The molecule has 4 amide bonds. The Balaban J connectivity index is 0. The van der Waals surface area contributed by atoms with Crippen LogP contribution in [0, 0.1) is 16.2 Å². The zero-order valence-corrected chi connectivity index (χ0v) is 67.3. The number of rotatable bonds is 23. The van der Waals surface area contributed by atoms with E-state index in [4.69, 9.17) is 54.0 Å². The average molecular weight is 1640 g/mol. The maximum absolute atomic E-state index is 13.1. The molecule has 0 bridgehead atoms. The molecule has 8 N–H and O–H groups in total. The molecule has 0 saturated carbocycles. The minimum atomic E-state index is -3.87. The molecule has 111 heavy (non-hydrogen) atoms. The van der Waals surface area contributed by atoms with E-state index >= 15 is 0 Å². The number of amides is 4. The second-order valence-electron chi connectivity index (χ2n) is 30.0. The van der Waals surface area contributed by atoms with E-state index < -0.39 is 140 Å². The highest BCUT2D eigenvalue weighted by Crippen LogP contribution is 2.33. The van der Waals surface area contributed by atoms with E-state index in [1.807, 2.05) is 54.6 Å². The Morgan fingerprint density at radius 3 is 0.865 bits per heavy atom. The van der Waals surface area contributed by atoms with E-state index in [1.165, 1.54) is 80.4 Å². The van der Waals surface area contributed by atoms with Gasteiger partial charge < -0.3 is 59.0 Å². The predicted octanol–water partition coefficient (Wildman–Crippen LogP) is 15.3. The quantitative estimate of drug-likeness (QED) is 0.0103. The first-order valence-corrected chi connectivity index (χ1v) is 38.1. The highest BCUT2D eigenvalue weighted by molar-refractivity contribution is 7.92. The maximum Gasteiger partial charge on any atom is 0.519 e. The lowest BCUT2D eigenvalue weighted by Crippen LogP contribution is -2.56. The van der Waals surface area contributed by atoms with E-state index in [-0.39, 0.29) is 55.1 Å². The number of para-hydroxylation sites is 3. The first kappa shape index (κ1) is 103. The summed E-state index contributed by atoms with van der Waals surface area (Å²) in [6, 6.07) is 41.4. The van der Waals surface area contributed by atoms with Crippen molar-refractivity contribution >= 4 is 84.2 Å². The lowest BCUT2D eigenvalue weighted by molar-refractivity contribution is -0.146. The molecule has 0 radical (unpaired) electrons. The van der Waals surface area contributed by atoms with E-state index in [0.717, 1.165) is 0 Å². The molecule has 6 rings (SSSR count). The molecule has 0 fully saturated rings. The Bertz CT molecular complexity index is 4060. The van der Waals surface area contributed by atoms with Crippen LogP contribution in [-0.4, -0.2) is 143 Å². The maximum atomic E-state index is 13.1. The van der Waals surface area contributed by atoms with Crippen LogP contribution in [0.1, 0.15) is 147 Å². The monoisotopic (exact) mass is 1640 g/mol. The van der Waals surface area contributed by atoms with Crippen molar-refractivity contribution in [2.45, 2.75) is 202 Å². The number of benzene rings is 6. The highest BCUT2D eigenvalue weighted by Gasteiger charge is 2.44. The highest BCUT2D eigenvalue weighted by atomic mass is 35.5. The molecule has 29 nitrogen and oxygen atoms in total. The summed E-state index contributed by atoms with van der Waals surface area (Å²) in [5.41, 5.74) is 2.08. The van der Waals surface area contributed by atoms with Crippen LogP contribution in [0.3, 0.4) is 0 Å². The van der Waals surface area contributed by atoms with Crippen molar-refractivity contribution < 1.29 is 112 Å². The molecule has 0 spiro atoms. The number of nitrogens with two attached hydrogens (primary N) is 1. The summed E-state index contributed by atoms with van der Waals surface area (Å²) in [5.74, 6) is -0.506. The number of sulfone groups is 3. The van der Waals surface area contributed by atoms with Crippen LogP contribution in [-0.2, 0) is 72.3 Å². The molecule has 6 aromatic carbocycles. The van der Waals surface area contributed by atoms with Crippen LogP contribution >= 0.6 is 12.4 Å². The number of carbonyl (C=O) groups is 7. The number of alkyl carbamates (subject to hydrolysis) is 2. The average Bonchev–Trinajstić information content (AvgIpc) is 0.812. The van der Waals surface area contributed by atoms with Gasteiger partial charge in [-0.1, -0.05) is 118 Å². The Labute approximate surface area is 660 Å². The number of esters is 1. The minimum Gasteiger partial charge on any atom is -0.467 e. The summed E-state index contributed by atoms with van der Waals surface area (Å²) in [7, 11) is -10.2. The van der Waals surface area contributed by atoms with Gasteiger partial charge >= 0.3 is 30.5 Å². The molecule has 0 saturated heterocycles. The number of hydroxylamine groups is 2. The van der Waals surface area contributed by atoms with Crippen molar-refractivity contribution in [1.29, 1.82) is 0 Å². The van der Waals surface area contributed by atoms with Gasteiger partial charge in [0.1, 0.15) is 69.0 Å². The van der Waals surface area contributed by atoms with Crippen molar-refractivity contribution in [2.24, 2.45) is 22.0 Å². The van der Waals surface area contributed by atoms with E-state index in [0.29, 0.717) is 34.5 Å². The molecule has 0 aliphatic heterocycles. The summed E-state index contributed by atoms with van der Waals surface area (Å²) >= 11 is 0. The fraction of sp³-hybridized carbons (Fsp3) is 0.449. The summed E-state index contributed by atoms with van der Waals surface area (Å²) < 4.78 is 124. The molecule has 6 aromatic rings. The van der Waals surface area contributed by atoms with Crippen LogP contribution in [0.15, 0.2) is 178 Å². The Kier molecular flexibility index (Phi) is 40.9. The van der Waals surface area contributed by atoms with Gasteiger partial charge in [-0.15, -0.1) is 12.4 Å². The second kappa shape index (κ2) is 43.9. The fourth-order valence-electron chi connectivity index (χ4n) is 9.25. The van der Waals surface area contributed by atoms with Gasteiger partial charge in [0, 0.05) is 16.2 Å². The second-order valence-corrected chi connectivity index (χ2v) is 36.0. The van der Waals surface area contributed by atoms with Gasteiger partial charge in [-0.3, -0.25) is 20.0 Å². The third-order valence-corrected chi connectivity index (χ3v) is 20.4. The summed E-state index contributed by atoms with van der Waals surface area (Å²) in [4.78, 5) is 82.8. The molecule has 0 heterocycles. The van der Waals surface area contributed by atoms with Crippen molar-refractivity contribution in [3.8, 4) is 34.5 Å². The van der Waals surface area contributed by atoms with Crippen molar-refractivity contribution in [3.63, 3.8) is 0 Å². The first-order valence-electron chi connectivity index (χ1n) is 33.1. The van der Waals surface area contributed by atoms with Gasteiger partial charge in [0.25, 0.3) is 11.8 Å². The first-order chi connectivity index (χ1) is 49.1. The molecule has 0 aliphatic carbocycles. The smallest absolute Gasteiger partial charge is 0.467 e. The van der Waals surface area contributed by atoms with Gasteiger partial charge in [0.05, 0.1) is 45.1 Å². The summed E-state index contributed by atoms with van der Waals surface area (Å²) in [6.45, 7) is 29.2. The number of carbonyl (C=O) groups excluding carboxylic acids is 7. The number of halogens is 1. The summed E-state index contributed by atoms with van der Waals surface area (Å²) in [6.07, 6.45) is -3.87. The van der Waals surface area contributed by atoms with Gasteiger partial charge in [-0.05, 0) is 192 Å². The van der Waals surface area contributed by atoms with Crippen molar-refractivity contribution in [1.82, 2.24) is 21.6 Å². The van der Waals surface area contributed by atoms with Gasteiger partial charge in [0.15, 0.2) is 29.5 Å². The predicted molar refractivity (Wildman–Crippen MR) is 424 cm³/mol. The van der Waals surface area contributed by atoms with E-state index in [2.05, 4.69) is 15.4 Å². The number of ether oxygens (including phenoxy) is 9. The van der Waals surface area contributed by atoms with E-state index in [9.17, 15) is 58.8 Å². The minimum absolute atomic E-state index is 0. The normalized spacial score (nSPS) is 12.4. The number of hydrogen-bond acceptors (Lipinski definition) is 25. The zero-order chi connectivity index (χ0) is 81.4. The van der Waals surface area contributed by atoms with Crippen molar-refractivity contribution in [2.75, 3.05) is 24.4 Å². The molecule has 0 aromatic heterocycles. The number of nitrogens with one attached hydrogen (secondary N) is 4. The lowest BCUT2D eigenvalue weighted by atomic mass is 9.86. The van der Waals surface area contributed by atoms with Crippen LogP contribution in [0.5, 0.6) is 34.5 Å². The van der Waals surface area contributed by atoms with Gasteiger partial charge in [-0.25, -0.2) is 60.2 Å². The Morgan fingerprint density at radius 1 is 0.369 bits per heavy atom. The largest absolute Gasteiger partial charge is 0.519 e. The molecule has 620 valence electrons. The van der Waals surface area contributed by atoms with Crippen molar-refractivity contribution in [3.05, 3.63) is 164 Å². The molecule has 3 unspecified atom stereocenters. The third kappa shape index (κ3) is 37.8. The standard InChI is InChI=1S/C24H31NO7S.C23H30N2O7S.C18H22N2O5S.C10H18O5.3CH4.ClH/c1-23(2,3)32-22(27)25-20(21(26)30-6)24(4,5)16-33(28,29)19-14-12-18(13-15-19)31-17-10-8-7-9-11-17;1-22(2,3)32-21(27)24-19(20(26)25-28)23(4,5)15-33(29,30)18-13-11-17(12-14-18)31-16-9-7-6-8-10-16;1-18(2,16(19)17(21)20-22)12-26(23,24)15-10-8-14(9-11-15)25-13-6-4-3-5-7-13;1-9(2,3)14-7(11)13-8(12)15-10(4,5)6;;;;/h7-15,20H,16H2,1-6H3,(H,25,27);6-14,19,28H,15H2,1-5H3,(H,24,27)(H,25,26);3-11,16,22H,12,19H2,1-2H3,(H,20,21);1-6H3;3*1H4;1H. The topological polar surface area (TPSA) is 420 Å². The zero-order valence-electron chi connectivity index (χ0n) is 64.0. The third-order valence-electron chi connectivity index (χ3n) is 14.0. The van der Waals surface area contributed by atoms with Crippen LogP contribution in [0.2, 0.25) is 0 Å². The van der Waals surface area contributed by atoms with Gasteiger partial charge in [-0.2, -0.15) is 0 Å². The molecular weight excluding hydrogens is 1520 g/mol. The fourth-order valence-corrected chi connectivity index (χ4v) is 14.9. The van der Waals surface area contributed by atoms with Crippen LogP contribution in [0.4, 0.5) is 19.2 Å². The van der Waals surface area contributed by atoms with Gasteiger partial charge in [0.2, 0.25) is 0 Å². The molecule has 33 heteroatoms. The lowest BCUT2D eigenvalue weighted by Gasteiger charge is -2.33. The Hall–Kier alpha value is -9.57. The molecule has 0 aliphatic rings. The molecular formula is C78H114ClN5O24S3. The SMILES string of the molecule is C.C.C.CC(C)(C)OC(=O)NC(C(=O)NO)C(C)(C)CS(=O)(=O)c1ccc(Oc2ccccc2)cc1.CC(C)(C)OC(=O)OC(=O)OC(C)(C)C.CC(C)(CS(=O)(=O)c1ccc(Oc2ccccc2)cc1)C(N)C(=O)NO.COC(=O)C(NC(=O)OC(C)(C)C)C(C)(C)CS(=O)(=O)c1ccc(Oc2ccccc2)cc1.Cl. The molecule has 3 atom stereocenters. The number of methoxy groups -OCH3 is 1.